The lowest BCUT2D eigenvalue weighted by molar-refractivity contribution is 0.0170. The van der Waals surface area contributed by atoms with Gasteiger partial charge in [0.1, 0.15) is 5.75 Å². The molecule has 2 atom stereocenters. The van der Waals surface area contributed by atoms with Gasteiger partial charge in [-0.05, 0) is 36.0 Å². The molecule has 0 radical (unpaired) electrons. The molecule has 136 valence electrons. The minimum absolute atomic E-state index is 0.0512. The molecule has 0 unspecified atom stereocenters. The molecule has 25 heavy (non-hydrogen) atoms. The van der Waals surface area contributed by atoms with Crippen molar-refractivity contribution >= 4 is 11.6 Å². The van der Waals surface area contributed by atoms with E-state index in [1.165, 1.54) is 0 Å². The number of halogens is 1. The van der Waals surface area contributed by atoms with E-state index in [-0.39, 0.29) is 17.4 Å². The molecule has 2 aromatic rings. The fraction of sp³-hybridized carbons (Fsp3) is 0.579. The minimum Gasteiger partial charge on any atom is -0.495 e. The molecule has 2 heterocycles. The minimum atomic E-state index is 0.0512. The second-order valence-electron chi connectivity index (χ2n) is 7.56. The number of methoxy groups -OCH3 is 1. The highest BCUT2D eigenvalue weighted by Crippen LogP contribution is 2.40. The van der Waals surface area contributed by atoms with Crippen molar-refractivity contribution in [3.05, 3.63) is 40.6 Å². The maximum Gasteiger partial charge on any atom is 0.222 e. The summed E-state index contributed by atoms with van der Waals surface area (Å²) < 4.78 is 17.0. The Morgan fingerprint density at radius 3 is 2.72 bits per heavy atom. The van der Waals surface area contributed by atoms with Gasteiger partial charge in [0.15, 0.2) is 0 Å². The summed E-state index contributed by atoms with van der Waals surface area (Å²) in [7, 11) is 1.61. The highest BCUT2D eigenvalue weighted by molar-refractivity contribution is 6.32. The van der Waals surface area contributed by atoms with Crippen molar-refractivity contribution in [1.82, 2.24) is 10.2 Å². The molecule has 0 bridgehead atoms. The topological polar surface area (TPSA) is 57.4 Å². The van der Waals surface area contributed by atoms with E-state index in [1.807, 2.05) is 18.2 Å². The third-order valence-electron chi connectivity index (χ3n) is 4.59. The van der Waals surface area contributed by atoms with Gasteiger partial charge >= 0.3 is 0 Å². The van der Waals surface area contributed by atoms with E-state index >= 15 is 0 Å². The highest BCUT2D eigenvalue weighted by Gasteiger charge is 2.41. The van der Waals surface area contributed by atoms with Crippen molar-refractivity contribution in [3.8, 4) is 5.75 Å². The molecule has 3 rings (SSSR count). The fourth-order valence-electron chi connectivity index (χ4n) is 3.33. The van der Waals surface area contributed by atoms with Crippen molar-refractivity contribution in [2.75, 3.05) is 13.7 Å². The molecule has 1 fully saturated rings. The lowest BCUT2D eigenvalue weighted by atomic mass is 9.81. The molecule has 1 saturated heterocycles. The molecule has 1 aliphatic heterocycles. The van der Waals surface area contributed by atoms with Crippen molar-refractivity contribution in [2.24, 2.45) is 5.41 Å². The summed E-state index contributed by atoms with van der Waals surface area (Å²) in [6.45, 7) is 7.29. The first-order chi connectivity index (χ1) is 11.9. The average molecular weight is 365 g/mol. The van der Waals surface area contributed by atoms with Crippen LogP contribution in [-0.2, 0) is 17.6 Å². The summed E-state index contributed by atoms with van der Waals surface area (Å²) >= 11 is 6.17. The Morgan fingerprint density at radius 2 is 2.04 bits per heavy atom. The molecular weight excluding hydrogens is 340 g/mol. The van der Waals surface area contributed by atoms with E-state index in [0.29, 0.717) is 29.0 Å². The first-order valence-electron chi connectivity index (χ1n) is 8.65. The second-order valence-corrected chi connectivity index (χ2v) is 7.96. The van der Waals surface area contributed by atoms with Crippen LogP contribution in [0.3, 0.4) is 0 Å². The maximum absolute atomic E-state index is 6.17. The molecule has 6 heteroatoms. The predicted octanol–water partition coefficient (Wildman–Crippen LogP) is 4.44. The van der Waals surface area contributed by atoms with E-state index in [2.05, 4.69) is 31.0 Å². The Bertz CT molecular complexity index is 724. The van der Waals surface area contributed by atoms with Gasteiger partial charge in [0.2, 0.25) is 11.8 Å². The van der Waals surface area contributed by atoms with Crippen LogP contribution in [0.25, 0.3) is 0 Å². The standard InChI is InChI=1S/C19H25ClN2O3/c1-19(2,3)17-13(9-10-24-17)18-22-21-16(25-18)8-6-12-5-7-15(23-4)14(20)11-12/h5,7,11,13,17H,6,8-10H2,1-4H3/t13-,17-/m1/s1. The van der Waals surface area contributed by atoms with Crippen LogP contribution >= 0.6 is 11.6 Å². The van der Waals surface area contributed by atoms with E-state index in [1.54, 1.807) is 7.11 Å². The van der Waals surface area contributed by atoms with Gasteiger partial charge in [-0.3, -0.25) is 0 Å². The SMILES string of the molecule is COc1ccc(CCc2nnc([C@@H]3CCO[C@H]3C(C)(C)C)o2)cc1Cl. The van der Waals surface area contributed by atoms with Crippen LogP contribution in [0.2, 0.25) is 5.02 Å². The first kappa shape index (κ1) is 18.2. The second kappa shape index (κ2) is 7.34. The Kier molecular flexibility index (Phi) is 5.35. The smallest absolute Gasteiger partial charge is 0.222 e. The van der Waals surface area contributed by atoms with Gasteiger partial charge in [0.25, 0.3) is 0 Å². The molecule has 0 aliphatic carbocycles. The molecule has 0 saturated carbocycles. The molecule has 0 spiro atoms. The van der Waals surface area contributed by atoms with Gasteiger partial charge in [0, 0.05) is 13.0 Å². The summed E-state index contributed by atoms with van der Waals surface area (Å²) in [4.78, 5) is 0. The molecule has 5 nitrogen and oxygen atoms in total. The van der Waals surface area contributed by atoms with Crippen LogP contribution in [0.15, 0.2) is 22.6 Å². The normalized spacial score (nSPS) is 20.8. The predicted molar refractivity (Wildman–Crippen MR) is 96.3 cm³/mol. The van der Waals surface area contributed by atoms with Crippen LogP contribution in [0.4, 0.5) is 0 Å². The summed E-state index contributed by atoms with van der Waals surface area (Å²) in [6, 6.07) is 5.79. The number of aryl methyl sites for hydroxylation is 2. The van der Waals surface area contributed by atoms with Crippen molar-refractivity contribution in [3.63, 3.8) is 0 Å². The highest BCUT2D eigenvalue weighted by atomic mass is 35.5. The van der Waals surface area contributed by atoms with Crippen LogP contribution in [-0.4, -0.2) is 30.0 Å². The number of aromatic nitrogens is 2. The number of rotatable bonds is 5. The Hall–Kier alpha value is -1.59. The number of ether oxygens (including phenoxy) is 2. The Balaban J connectivity index is 1.65. The molecule has 0 N–H and O–H groups in total. The van der Waals surface area contributed by atoms with E-state index in [4.69, 9.17) is 25.5 Å². The van der Waals surface area contributed by atoms with Gasteiger partial charge in [-0.1, -0.05) is 38.4 Å². The third-order valence-corrected chi connectivity index (χ3v) is 4.88. The van der Waals surface area contributed by atoms with Crippen molar-refractivity contribution in [2.45, 2.75) is 52.1 Å². The van der Waals surface area contributed by atoms with Gasteiger partial charge in [-0.2, -0.15) is 0 Å². The zero-order chi connectivity index (χ0) is 18.0. The van der Waals surface area contributed by atoms with Gasteiger partial charge < -0.3 is 13.9 Å². The number of nitrogens with zero attached hydrogens (tertiary/aromatic N) is 2. The summed E-state index contributed by atoms with van der Waals surface area (Å²) in [5.41, 5.74) is 1.16. The average Bonchev–Trinajstić information content (AvgIpc) is 3.21. The van der Waals surface area contributed by atoms with Gasteiger partial charge in [-0.25, -0.2) is 0 Å². The Morgan fingerprint density at radius 1 is 1.24 bits per heavy atom. The molecule has 1 aliphatic rings. The zero-order valence-corrected chi connectivity index (χ0v) is 16.0. The zero-order valence-electron chi connectivity index (χ0n) is 15.2. The number of benzene rings is 1. The number of hydrogen-bond donors (Lipinski definition) is 0. The van der Waals surface area contributed by atoms with Crippen LogP contribution in [0.5, 0.6) is 5.75 Å². The van der Waals surface area contributed by atoms with Crippen molar-refractivity contribution in [1.29, 1.82) is 0 Å². The molecular formula is C19H25ClN2O3. The summed E-state index contributed by atoms with van der Waals surface area (Å²) in [5, 5.41) is 9.11. The molecule has 1 aromatic carbocycles. The fourth-order valence-corrected chi connectivity index (χ4v) is 3.61. The number of hydrogen-bond acceptors (Lipinski definition) is 5. The van der Waals surface area contributed by atoms with Crippen LogP contribution in [0.1, 0.15) is 50.5 Å². The van der Waals surface area contributed by atoms with E-state index in [9.17, 15) is 0 Å². The van der Waals surface area contributed by atoms with Crippen LogP contribution < -0.4 is 4.74 Å². The molecule has 1 aromatic heterocycles. The van der Waals surface area contributed by atoms with Crippen molar-refractivity contribution < 1.29 is 13.9 Å². The first-order valence-corrected chi connectivity index (χ1v) is 9.02. The lowest BCUT2D eigenvalue weighted by Gasteiger charge is -2.29. The van der Waals surface area contributed by atoms with E-state index in [0.717, 1.165) is 25.0 Å². The van der Waals surface area contributed by atoms with Crippen LogP contribution in [0, 0.1) is 5.41 Å². The summed E-state index contributed by atoms with van der Waals surface area (Å²) in [6.07, 6.45) is 2.51. The van der Waals surface area contributed by atoms with Gasteiger partial charge in [0.05, 0.1) is 24.2 Å². The lowest BCUT2D eigenvalue weighted by Crippen LogP contribution is -2.30. The summed E-state index contributed by atoms with van der Waals surface area (Å²) in [5.74, 6) is 2.21. The monoisotopic (exact) mass is 364 g/mol. The maximum atomic E-state index is 6.17. The Labute approximate surface area is 153 Å². The van der Waals surface area contributed by atoms with Gasteiger partial charge in [-0.15, -0.1) is 10.2 Å². The molecule has 0 amide bonds. The van der Waals surface area contributed by atoms with E-state index < -0.39 is 0 Å². The third kappa shape index (κ3) is 4.15. The largest absolute Gasteiger partial charge is 0.495 e. The quantitative estimate of drug-likeness (QED) is 0.785.